The molecule has 1 amide bonds. The number of H-pyrrole nitrogens is 1. The Morgan fingerprint density at radius 3 is 2.72 bits per heavy atom. The molecule has 0 saturated heterocycles. The molecule has 0 bridgehead atoms. The number of hydrogen-bond acceptors (Lipinski definition) is 3. The van der Waals surface area contributed by atoms with Crippen LogP contribution in [0.4, 0.5) is 18.9 Å². The van der Waals surface area contributed by atoms with E-state index in [4.69, 9.17) is 4.74 Å². The maximum absolute atomic E-state index is 13.3. The molecule has 0 atom stereocenters. The Labute approximate surface area is 182 Å². The molecule has 0 radical (unpaired) electrons. The number of nitrogens with one attached hydrogen (secondary N) is 2. The molecule has 0 aliphatic rings. The number of halogens is 3. The van der Waals surface area contributed by atoms with Crippen molar-refractivity contribution in [3.63, 3.8) is 0 Å². The monoisotopic (exact) mass is 442 g/mol. The first-order chi connectivity index (χ1) is 15.3. The van der Waals surface area contributed by atoms with Gasteiger partial charge in [0.25, 0.3) is 0 Å². The number of nitrogens with zero attached hydrogens (tertiary/aromatic N) is 2. The predicted molar refractivity (Wildman–Crippen MR) is 115 cm³/mol. The molecule has 2 N–H and O–H groups in total. The number of benzene rings is 2. The smallest absolute Gasteiger partial charge is 0.380 e. The minimum Gasteiger partial charge on any atom is -0.380 e. The van der Waals surface area contributed by atoms with Crippen LogP contribution >= 0.6 is 0 Å². The average Bonchev–Trinajstić information content (AvgIpc) is 3.40. The first-order valence-electron chi connectivity index (χ1n) is 9.95. The van der Waals surface area contributed by atoms with Crippen molar-refractivity contribution in [2.45, 2.75) is 26.1 Å². The van der Waals surface area contributed by atoms with Crippen LogP contribution in [0.25, 0.3) is 27.7 Å². The van der Waals surface area contributed by atoms with Crippen LogP contribution in [0.3, 0.4) is 0 Å². The topological polar surface area (TPSA) is 71.9 Å². The molecule has 2 aromatic carbocycles. The van der Waals surface area contributed by atoms with Crippen molar-refractivity contribution in [2.75, 3.05) is 12.4 Å². The summed E-state index contributed by atoms with van der Waals surface area (Å²) in [4.78, 5) is 14.9. The molecule has 0 aliphatic heterocycles. The van der Waals surface area contributed by atoms with Crippen LogP contribution in [0.15, 0.2) is 55.0 Å². The zero-order valence-corrected chi connectivity index (χ0v) is 17.5. The highest BCUT2D eigenvalue weighted by molar-refractivity contribution is 6.02. The number of methoxy groups -OCH3 is 1. The lowest BCUT2D eigenvalue weighted by Gasteiger charge is -2.14. The average molecular weight is 442 g/mol. The van der Waals surface area contributed by atoms with Crippen molar-refractivity contribution in [2.24, 2.45) is 0 Å². The lowest BCUT2D eigenvalue weighted by Crippen LogP contribution is -2.10. The van der Waals surface area contributed by atoms with Gasteiger partial charge in [-0.15, -0.1) is 0 Å². The number of alkyl halides is 3. The summed E-state index contributed by atoms with van der Waals surface area (Å²) in [6.07, 6.45) is 1.05. The Kier molecular flexibility index (Phi) is 5.75. The van der Waals surface area contributed by atoms with Crippen molar-refractivity contribution in [1.29, 1.82) is 0 Å². The molecule has 2 aromatic heterocycles. The summed E-state index contributed by atoms with van der Waals surface area (Å²) in [5, 5.41) is 8.05. The zero-order chi connectivity index (χ0) is 22.9. The van der Waals surface area contributed by atoms with E-state index in [0.29, 0.717) is 17.8 Å². The number of carbonyl (C=O) groups excluding carboxylic acids is 1. The van der Waals surface area contributed by atoms with E-state index in [-0.39, 0.29) is 18.1 Å². The molecule has 0 spiro atoms. The Morgan fingerprint density at radius 2 is 2.00 bits per heavy atom. The zero-order valence-electron chi connectivity index (χ0n) is 17.5. The van der Waals surface area contributed by atoms with Gasteiger partial charge in [0.15, 0.2) is 0 Å². The highest BCUT2D eigenvalue weighted by Crippen LogP contribution is 2.34. The summed E-state index contributed by atoms with van der Waals surface area (Å²) < 4.78 is 46.3. The summed E-state index contributed by atoms with van der Waals surface area (Å²) in [6, 6.07) is 9.59. The van der Waals surface area contributed by atoms with Crippen LogP contribution < -0.4 is 5.32 Å². The molecule has 4 aromatic rings. The number of aromatic amines is 1. The van der Waals surface area contributed by atoms with Crippen LogP contribution in [0.5, 0.6) is 0 Å². The molecule has 6 nitrogen and oxygen atoms in total. The molecule has 0 saturated carbocycles. The van der Waals surface area contributed by atoms with Crippen LogP contribution in [0, 0.1) is 0 Å². The van der Waals surface area contributed by atoms with Gasteiger partial charge < -0.3 is 15.0 Å². The number of hydrogen-bond donors (Lipinski definition) is 2. The number of fused-ring (bicyclic) bond motifs is 1. The summed E-state index contributed by atoms with van der Waals surface area (Å²) in [5.41, 5.74) is 3.02. The van der Waals surface area contributed by atoms with E-state index in [1.54, 1.807) is 25.5 Å². The Bertz CT molecular complexity index is 1270. The molecule has 32 heavy (non-hydrogen) atoms. The van der Waals surface area contributed by atoms with Gasteiger partial charge in [0, 0.05) is 42.4 Å². The quantitative estimate of drug-likeness (QED) is 0.412. The van der Waals surface area contributed by atoms with Crippen LogP contribution in [-0.2, 0) is 22.3 Å². The molecular weight excluding hydrogens is 421 g/mol. The molecule has 4 rings (SSSR count). The number of carbonyl (C=O) groups is 1. The second-order valence-corrected chi connectivity index (χ2v) is 7.31. The van der Waals surface area contributed by atoms with Crippen molar-refractivity contribution in [3.8, 4) is 16.8 Å². The number of amides is 1. The first-order valence-corrected chi connectivity index (χ1v) is 9.95. The summed E-state index contributed by atoms with van der Waals surface area (Å²) >= 11 is 0. The van der Waals surface area contributed by atoms with E-state index in [0.717, 1.165) is 28.1 Å². The van der Waals surface area contributed by atoms with Crippen LogP contribution in [0.2, 0.25) is 0 Å². The van der Waals surface area contributed by atoms with Gasteiger partial charge in [-0.2, -0.15) is 18.3 Å². The van der Waals surface area contributed by atoms with E-state index in [1.807, 2.05) is 18.2 Å². The maximum atomic E-state index is 13.3. The molecule has 9 heteroatoms. The largest absolute Gasteiger partial charge is 0.416 e. The third-order valence-electron chi connectivity index (χ3n) is 5.15. The first kappa shape index (κ1) is 21.6. The molecule has 2 heterocycles. The highest BCUT2D eigenvalue weighted by Gasteiger charge is 2.33. The maximum Gasteiger partial charge on any atom is 0.416 e. The van der Waals surface area contributed by atoms with Gasteiger partial charge in [-0.3, -0.25) is 4.79 Å². The molecule has 166 valence electrons. The van der Waals surface area contributed by atoms with Gasteiger partial charge in [-0.05, 0) is 41.5 Å². The fourth-order valence-corrected chi connectivity index (χ4v) is 3.53. The molecular formula is C23H21F3N4O2. The summed E-state index contributed by atoms with van der Waals surface area (Å²) in [5.74, 6) is -0.0849. The third kappa shape index (κ3) is 4.24. The molecule has 0 aliphatic carbocycles. The van der Waals surface area contributed by atoms with Crippen LogP contribution in [-0.4, -0.2) is 27.8 Å². The van der Waals surface area contributed by atoms with Crippen molar-refractivity contribution >= 4 is 22.5 Å². The number of rotatable bonds is 6. The third-order valence-corrected chi connectivity index (χ3v) is 5.15. The van der Waals surface area contributed by atoms with E-state index >= 15 is 0 Å². The standard InChI is InChI=1S/C23H21F3N4O2/c1-3-22(31)29-21-11-27-20-7-4-14(9-18(20)21)16-10-28-30(12-16)17-5-6-19(23(24,25)26)15(8-17)13-32-2/h4-12,27H,3,13H2,1-2H3,(H,29,31). The molecule has 0 fully saturated rings. The second kappa shape index (κ2) is 8.51. The fraction of sp³-hybridized carbons (Fsp3) is 0.217. The minimum atomic E-state index is -4.46. The van der Waals surface area contributed by atoms with Gasteiger partial charge in [0.1, 0.15) is 0 Å². The van der Waals surface area contributed by atoms with Crippen molar-refractivity contribution < 1.29 is 22.7 Å². The Hall–Kier alpha value is -3.59. The van der Waals surface area contributed by atoms with E-state index in [9.17, 15) is 18.0 Å². The molecule has 0 unspecified atom stereocenters. The van der Waals surface area contributed by atoms with E-state index in [2.05, 4.69) is 15.4 Å². The van der Waals surface area contributed by atoms with Gasteiger partial charge in [0.2, 0.25) is 5.91 Å². The van der Waals surface area contributed by atoms with Crippen molar-refractivity contribution in [3.05, 3.63) is 66.1 Å². The van der Waals surface area contributed by atoms with Crippen molar-refractivity contribution in [1.82, 2.24) is 14.8 Å². The lowest BCUT2D eigenvalue weighted by molar-refractivity contribution is -0.138. The summed E-state index contributed by atoms with van der Waals surface area (Å²) in [6.45, 7) is 1.62. The Morgan fingerprint density at radius 1 is 1.19 bits per heavy atom. The SMILES string of the molecule is CCC(=O)Nc1c[nH]c2ccc(-c3cnn(-c4ccc(C(F)(F)F)c(COC)c4)c3)cc12. The van der Waals surface area contributed by atoms with E-state index < -0.39 is 11.7 Å². The summed E-state index contributed by atoms with van der Waals surface area (Å²) in [7, 11) is 1.35. The van der Waals surface area contributed by atoms with Gasteiger partial charge >= 0.3 is 6.18 Å². The number of anilines is 1. The number of aromatic nitrogens is 3. The number of ether oxygens (including phenoxy) is 1. The normalized spacial score (nSPS) is 11.8. The van der Waals surface area contributed by atoms with Gasteiger partial charge in [0.05, 0.1) is 29.7 Å². The van der Waals surface area contributed by atoms with Gasteiger partial charge in [-0.1, -0.05) is 13.0 Å². The van der Waals surface area contributed by atoms with Gasteiger partial charge in [-0.25, -0.2) is 4.68 Å². The second-order valence-electron chi connectivity index (χ2n) is 7.31. The Balaban J connectivity index is 1.68. The van der Waals surface area contributed by atoms with E-state index in [1.165, 1.54) is 23.9 Å². The minimum absolute atomic E-state index is 0.0413. The lowest BCUT2D eigenvalue weighted by atomic mass is 10.1. The predicted octanol–water partition coefficient (Wildman–Crippen LogP) is 5.53. The highest BCUT2D eigenvalue weighted by atomic mass is 19.4. The van der Waals surface area contributed by atoms with Crippen LogP contribution in [0.1, 0.15) is 24.5 Å². The fourth-order valence-electron chi connectivity index (χ4n) is 3.53.